The average Bonchev–Trinajstić information content (AvgIpc) is 1.80. The average molecular weight is 1670 g/mol. The lowest BCUT2D eigenvalue weighted by molar-refractivity contribution is -0.143. The van der Waals surface area contributed by atoms with E-state index in [1.165, 1.54) is 24.0 Å². The van der Waals surface area contributed by atoms with Gasteiger partial charge in [0.1, 0.15) is 94.7 Å². The van der Waals surface area contributed by atoms with Gasteiger partial charge in [0.05, 0.1) is 112 Å². The number of hydrogen-bond acceptors (Lipinski definition) is 26. The van der Waals surface area contributed by atoms with Gasteiger partial charge >= 0.3 is 6.09 Å². The highest BCUT2D eigenvalue weighted by molar-refractivity contribution is 6.02. The van der Waals surface area contributed by atoms with Gasteiger partial charge in [0.15, 0.2) is 46.0 Å². The number of likely N-dealkylation sites (tertiary alicyclic amines) is 1. The summed E-state index contributed by atoms with van der Waals surface area (Å²) >= 11 is 0. The van der Waals surface area contributed by atoms with Gasteiger partial charge in [-0.1, -0.05) is 91.3 Å². The van der Waals surface area contributed by atoms with Crippen molar-refractivity contribution in [2.75, 3.05) is 172 Å². The van der Waals surface area contributed by atoms with Crippen LogP contribution in [0, 0.1) is 17.8 Å². The molecule has 7 N–H and O–H groups in total. The van der Waals surface area contributed by atoms with E-state index in [9.17, 15) is 28.8 Å². The molecule has 7 rings (SSSR count). The summed E-state index contributed by atoms with van der Waals surface area (Å²) in [5.74, 6) is -2.76. The third kappa shape index (κ3) is 35.1. The summed E-state index contributed by atoms with van der Waals surface area (Å²) in [6, 6.07) is 15.0. The number of hydrogen-bond donors (Lipinski definition) is 7. The fourth-order valence-electron chi connectivity index (χ4n) is 12.6. The molecule has 3 aliphatic heterocycles. The maximum atomic E-state index is 15.5. The third-order valence-electron chi connectivity index (χ3n) is 18.8. The molecule has 8 amide bonds. The number of fused-ring (bicyclic) bond motifs is 4. The Morgan fingerprint density at radius 3 is 1.18 bits per heavy atom. The number of nitrogens with one attached hydrogen (secondary N) is 7. The highest BCUT2D eigenvalue weighted by atomic mass is 16.6. The van der Waals surface area contributed by atoms with E-state index in [4.69, 9.17) is 80.5 Å². The Hall–Kier alpha value is -9.32. The van der Waals surface area contributed by atoms with E-state index in [1.807, 2.05) is 90.1 Å². The molecule has 1 fully saturated rings. The van der Waals surface area contributed by atoms with Crippen LogP contribution in [0.1, 0.15) is 138 Å². The molecule has 662 valence electrons. The predicted octanol–water partition coefficient (Wildman–Crippen LogP) is 7.32. The zero-order chi connectivity index (χ0) is 85.7. The fourth-order valence-corrected chi connectivity index (χ4v) is 12.6. The summed E-state index contributed by atoms with van der Waals surface area (Å²) in [5.41, 5.74) is -0.556. The number of rotatable bonds is 23. The van der Waals surface area contributed by atoms with Crippen molar-refractivity contribution in [1.82, 2.24) is 42.1 Å². The number of benzene rings is 4. The van der Waals surface area contributed by atoms with Crippen molar-refractivity contribution in [2.24, 2.45) is 17.8 Å². The third-order valence-corrected chi connectivity index (χ3v) is 18.8. The lowest BCUT2D eigenvalue weighted by Gasteiger charge is -2.33. The Kier molecular flexibility index (Phi) is 43.4. The van der Waals surface area contributed by atoms with Gasteiger partial charge in [-0.25, -0.2) is 4.79 Å². The molecule has 33 nitrogen and oxygen atoms in total. The maximum absolute atomic E-state index is 15.5. The zero-order valence-corrected chi connectivity index (χ0v) is 71.1. The van der Waals surface area contributed by atoms with E-state index in [0.717, 1.165) is 0 Å². The SMILES string of the molecule is CCCN[C@@H](CC(C)C)C(=O)NC(=O)[C@@H](NC(=O)[C@H](C)NC(=O)[C@@H]1CCCN1C(=O)[C@@H](NC(=O)[C@@H](NC(=O)[C@H](CC(C)C)NC(=O)OC(C)(C)C)c1ccc2c(c1)OCCOCCOCCOc1ccccc1OCCOCCOCCO2)[C@@H](C)CC)c1ccc2c(c1)OCCOCCOCCOc1ccccc1OCCOCCOCCO2. The van der Waals surface area contributed by atoms with Gasteiger partial charge < -0.3 is 117 Å². The Morgan fingerprint density at radius 2 is 0.790 bits per heavy atom. The van der Waals surface area contributed by atoms with Gasteiger partial charge in [0, 0.05) is 6.54 Å². The topological polar surface area (TPSA) is 381 Å². The molecule has 0 aromatic heterocycles. The van der Waals surface area contributed by atoms with Crippen LogP contribution >= 0.6 is 0 Å². The van der Waals surface area contributed by atoms with Crippen molar-refractivity contribution in [1.29, 1.82) is 0 Å². The monoisotopic (exact) mass is 1670 g/mol. The summed E-state index contributed by atoms with van der Waals surface area (Å²) in [6.07, 6.45) is 1.25. The van der Waals surface area contributed by atoms with Crippen molar-refractivity contribution >= 4 is 47.4 Å². The number of amides is 8. The molecule has 0 spiro atoms. The molecule has 1 saturated heterocycles. The number of carbonyl (C=O) groups is 8. The molecule has 0 bridgehead atoms. The Bertz CT molecular complexity index is 3730. The van der Waals surface area contributed by atoms with Gasteiger partial charge in [0.2, 0.25) is 35.4 Å². The first-order chi connectivity index (χ1) is 57.4. The van der Waals surface area contributed by atoms with E-state index >= 15 is 9.59 Å². The van der Waals surface area contributed by atoms with E-state index in [2.05, 4.69) is 37.2 Å². The van der Waals surface area contributed by atoms with Gasteiger partial charge in [0.25, 0.3) is 5.91 Å². The van der Waals surface area contributed by atoms with Crippen molar-refractivity contribution in [3.63, 3.8) is 0 Å². The summed E-state index contributed by atoms with van der Waals surface area (Å²) in [5, 5.41) is 19.8. The van der Waals surface area contributed by atoms with E-state index in [0.29, 0.717) is 68.4 Å². The van der Waals surface area contributed by atoms with Crippen LogP contribution in [-0.4, -0.2) is 260 Å². The molecule has 33 heteroatoms. The van der Waals surface area contributed by atoms with Crippen molar-refractivity contribution in [3.05, 3.63) is 96.1 Å². The Labute approximate surface area is 699 Å². The molecule has 4 aromatic rings. The van der Waals surface area contributed by atoms with Crippen molar-refractivity contribution in [3.8, 4) is 46.0 Å². The van der Waals surface area contributed by atoms with Crippen LogP contribution in [-0.2, 0) is 76.2 Å². The predicted molar refractivity (Wildman–Crippen MR) is 439 cm³/mol. The lowest BCUT2D eigenvalue weighted by atomic mass is 9.96. The summed E-state index contributed by atoms with van der Waals surface area (Å²) in [7, 11) is 0. The summed E-state index contributed by atoms with van der Waals surface area (Å²) in [4.78, 5) is 119. The van der Waals surface area contributed by atoms with E-state index in [-0.39, 0.29) is 211 Å². The quantitative estimate of drug-likeness (QED) is 0.0382. The van der Waals surface area contributed by atoms with Crippen LogP contribution in [0.25, 0.3) is 0 Å². The molecule has 0 saturated carbocycles. The summed E-state index contributed by atoms with van der Waals surface area (Å²) < 4.78 is 101. The second-order valence-electron chi connectivity index (χ2n) is 30.5. The van der Waals surface area contributed by atoms with Crippen LogP contribution in [0.4, 0.5) is 4.79 Å². The molecule has 119 heavy (non-hydrogen) atoms. The van der Waals surface area contributed by atoms with E-state index in [1.54, 1.807) is 52.0 Å². The molecule has 3 heterocycles. The minimum absolute atomic E-state index is 0.000265. The van der Waals surface area contributed by atoms with Crippen LogP contribution in [0.5, 0.6) is 46.0 Å². The number of alkyl carbamates (subject to hydrolysis) is 1. The minimum atomic E-state index is -1.57. The number of ether oxygens (including phenoxy) is 17. The number of carbonyl (C=O) groups excluding carboxylic acids is 8. The van der Waals surface area contributed by atoms with Crippen molar-refractivity contribution < 1.29 is 119 Å². The minimum Gasteiger partial charge on any atom is -0.487 e. The Balaban J connectivity index is 1.10. The van der Waals surface area contributed by atoms with Gasteiger partial charge in [-0.2, -0.15) is 0 Å². The Morgan fingerprint density at radius 1 is 0.420 bits per heavy atom. The van der Waals surface area contributed by atoms with Gasteiger partial charge in [-0.05, 0) is 144 Å². The molecule has 0 aliphatic carbocycles. The van der Waals surface area contributed by atoms with Crippen LogP contribution in [0.2, 0.25) is 0 Å². The molecule has 3 aliphatic rings. The molecule has 8 atom stereocenters. The second kappa shape index (κ2) is 53.4. The van der Waals surface area contributed by atoms with E-state index < -0.39 is 101 Å². The number of imide groups is 1. The lowest BCUT2D eigenvalue weighted by Crippen LogP contribution is -2.58. The molecule has 4 aromatic carbocycles. The molecule has 0 unspecified atom stereocenters. The summed E-state index contributed by atoms with van der Waals surface area (Å²) in [6.45, 7) is 25.2. The zero-order valence-electron chi connectivity index (χ0n) is 71.1. The highest BCUT2D eigenvalue weighted by Crippen LogP contribution is 2.35. The fraction of sp³-hybridized carbons (Fsp3) is 0.628. The molecule has 0 radical (unpaired) electrons. The first kappa shape index (κ1) is 96.8. The second-order valence-corrected chi connectivity index (χ2v) is 30.5. The van der Waals surface area contributed by atoms with Gasteiger partial charge in [-0.3, -0.25) is 38.9 Å². The van der Waals surface area contributed by atoms with Crippen LogP contribution in [0.15, 0.2) is 84.9 Å². The standard InChI is InChI=1S/C86H128N8O25/c1-12-28-87-64(54-58(3)4)79(96)93-83(100)77(63-25-27-72-74(57-63)118-53-45-110-37-35-106-41-49-114-70-23-17-15-21-68(70)112-47-39-104-31-33-108-43-51-116-72)91-78(95)61(8)88-81(98)66-19-18-29-94(66)84(101)75(60(7)13-2)90-82(99)76(92-80(97)65(55-59(5)6)89-85(102)119-86(9,10)11)62-24-26-71-73(56-62)117-52-44-109-36-34-105-40-48-113-69-22-16-14-20-67(69)111-46-38-103-30-32-107-42-50-115-71/h14-17,20-27,56-61,64-66,75-77,87H,12-13,18-19,28-55H2,1-11H3,(H,88,98)(H,89,102)(H,90,99)(H,91,95)(H,92,97)(H,93,96,100)/t60-,61-,64-,65-,66-,75-,76-,77-/m0/s1. The van der Waals surface area contributed by atoms with Crippen LogP contribution < -0.4 is 75.1 Å². The van der Waals surface area contributed by atoms with Crippen LogP contribution in [0.3, 0.4) is 0 Å². The largest absolute Gasteiger partial charge is 0.487 e. The molecular weight excluding hydrogens is 1540 g/mol. The number of nitrogens with zero attached hydrogens (tertiary/aromatic N) is 1. The van der Waals surface area contributed by atoms with Crippen molar-refractivity contribution in [2.45, 2.75) is 163 Å². The first-order valence-corrected chi connectivity index (χ1v) is 41.6. The maximum Gasteiger partial charge on any atom is 0.408 e. The first-order valence-electron chi connectivity index (χ1n) is 41.6. The van der Waals surface area contributed by atoms with Gasteiger partial charge in [-0.15, -0.1) is 0 Å². The molecular formula is C86H128N8O25. The highest BCUT2D eigenvalue weighted by Gasteiger charge is 2.42. The number of para-hydroxylation sites is 4. The normalized spacial score (nSPS) is 18.5. The smallest absolute Gasteiger partial charge is 0.408 e.